The van der Waals surface area contributed by atoms with Gasteiger partial charge in [-0.1, -0.05) is 17.2 Å². The Morgan fingerprint density at radius 3 is 1.89 bits per heavy atom. The number of hydrogen-bond acceptors (Lipinski definition) is 0. The summed E-state index contributed by atoms with van der Waals surface area (Å²) in [4.78, 5) is 0. The van der Waals surface area contributed by atoms with Crippen LogP contribution in [0.2, 0.25) is 0 Å². The second-order valence-electron chi connectivity index (χ2n) is 2.50. The summed E-state index contributed by atoms with van der Waals surface area (Å²) in [7, 11) is 0. The Bertz CT molecular complexity index is 158. The molecule has 0 nitrogen and oxygen atoms in total. The Kier molecular flexibility index (Phi) is 4.09. The largest absolute Gasteiger partial charge is 0.0773 e. The molecule has 56 valence electrons. The minimum atomic E-state index is 0. The van der Waals surface area contributed by atoms with E-state index in [2.05, 4.69) is 26.8 Å². The number of hydrogen-bond donors (Lipinski definition) is 0. The molecule has 0 atom stereocenters. The molecule has 0 fully saturated rings. The Morgan fingerprint density at radius 2 is 1.78 bits per heavy atom. The Hall–Kier alpha value is 0.727. The van der Waals surface area contributed by atoms with Gasteiger partial charge in [0.05, 0.1) is 0 Å². The minimum Gasteiger partial charge on any atom is -0.0773 e. The Labute approximate surface area is 86.6 Å². The third-order valence-electron chi connectivity index (χ3n) is 1.95. The summed E-state index contributed by atoms with van der Waals surface area (Å²) in [5.74, 6) is 0. The molecule has 0 saturated carbocycles. The molecule has 1 heteroatoms. The summed E-state index contributed by atoms with van der Waals surface area (Å²) in [6.45, 7) is 6.56. The van der Waals surface area contributed by atoms with Gasteiger partial charge in [0.15, 0.2) is 0 Å². The molecule has 1 rings (SSSR count). The average Bonchev–Trinajstić information content (AvgIpc) is 1.98. The standard InChI is InChI=1S/C8H12.Er/c1-6-4-5-7(2)8(6)3;/h4H,5H2,1-3H3;. The van der Waals surface area contributed by atoms with Crippen LogP contribution in [0.4, 0.5) is 0 Å². The van der Waals surface area contributed by atoms with Crippen LogP contribution in [0.3, 0.4) is 0 Å². The molecule has 0 aromatic heterocycles. The zero-order chi connectivity index (χ0) is 6.15. The van der Waals surface area contributed by atoms with Crippen LogP contribution in [0, 0.1) is 37.3 Å². The second kappa shape index (κ2) is 3.79. The van der Waals surface area contributed by atoms with Crippen molar-refractivity contribution in [2.75, 3.05) is 0 Å². The van der Waals surface area contributed by atoms with Gasteiger partial charge in [0.2, 0.25) is 0 Å². The van der Waals surface area contributed by atoms with Crippen molar-refractivity contribution in [3.8, 4) is 0 Å². The van der Waals surface area contributed by atoms with Crippen LogP contribution in [0.5, 0.6) is 0 Å². The third-order valence-corrected chi connectivity index (χ3v) is 1.95. The summed E-state index contributed by atoms with van der Waals surface area (Å²) >= 11 is 0. The van der Waals surface area contributed by atoms with Crippen molar-refractivity contribution in [2.45, 2.75) is 27.2 Å². The van der Waals surface area contributed by atoms with Gasteiger partial charge < -0.3 is 0 Å². The van der Waals surface area contributed by atoms with Gasteiger partial charge in [-0.15, -0.1) is 0 Å². The molecule has 0 saturated heterocycles. The predicted octanol–water partition coefficient (Wildman–Crippen LogP) is 2.67. The maximum atomic E-state index is 2.28. The summed E-state index contributed by atoms with van der Waals surface area (Å²) in [6, 6.07) is 0. The van der Waals surface area contributed by atoms with Gasteiger partial charge in [0.25, 0.3) is 0 Å². The van der Waals surface area contributed by atoms with Crippen molar-refractivity contribution in [3.05, 3.63) is 22.8 Å². The molecule has 0 bridgehead atoms. The fraction of sp³-hybridized carbons (Fsp3) is 0.500. The van der Waals surface area contributed by atoms with Crippen molar-refractivity contribution >= 4 is 0 Å². The minimum absolute atomic E-state index is 0. The van der Waals surface area contributed by atoms with Gasteiger partial charge in [0.1, 0.15) is 0 Å². The van der Waals surface area contributed by atoms with Crippen molar-refractivity contribution in [2.24, 2.45) is 0 Å². The van der Waals surface area contributed by atoms with E-state index >= 15 is 0 Å². The molecule has 0 aromatic carbocycles. The first-order valence-electron chi connectivity index (χ1n) is 3.05. The van der Waals surface area contributed by atoms with E-state index in [-0.39, 0.29) is 37.3 Å². The predicted molar refractivity (Wildman–Crippen MR) is 36.7 cm³/mol. The maximum Gasteiger partial charge on any atom is 0 e. The van der Waals surface area contributed by atoms with E-state index in [1.54, 1.807) is 0 Å². The fourth-order valence-electron chi connectivity index (χ4n) is 0.949. The molecule has 0 amide bonds. The molecule has 1 aliphatic rings. The van der Waals surface area contributed by atoms with Crippen molar-refractivity contribution < 1.29 is 37.3 Å². The Morgan fingerprint density at radius 1 is 1.22 bits per heavy atom. The molecule has 0 N–H and O–H groups in total. The van der Waals surface area contributed by atoms with Crippen LogP contribution in [0.25, 0.3) is 0 Å². The molecule has 0 aromatic rings. The van der Waals surface area contributed by atoms with Gasteiger partial charge >= 0.3 is 0 Å². The van der Waals surface area contributed by atoms with Crippen LogP contribution in [0.1, 0.15) is 27.2 Å². The summed E-state index contributed by atoms with van der Waals surface area (Å²) < 4.78 is 0. The smallest absolute Gasteiger partial charge is 0 e. The van der Waals surface area contributed by atoms with Gasteiger partial charge in [0, 0.05) is 37.3 Å². The fourth-order valence-corrected chi connectivity index (χ4v) is 0.949. The topological polar surface area (TPSA) is 0 Å². The Balaban J connectivity index is 0.000000640. The van der Waals surface area contributed by atoms with E-state index in [0.717, 1.165) is 0 Å². The van der Waals surface area contributed by atoms with Crippen molar-refractivity contribution in [1.29, 1.82) is 0 Å². The molecular weight excluding hydrogens is 263 g/mol. The van der Waals surface area contributed by atoms with Crippen LogP contribution in [-0.2, 0) is 0 Å². The molecule has 0 radical (unpaired) electrons. The molecule has 9 heavy (non-hydrogen) atoms. The van der Waals surface area contributed by atoms with E-state index in [1.165, 1.54) is 23.1 Å². The van der Waals surface area contributed by atoms with Crippen LogP contribution in [0.15, 0.2) is 22.8 Å². The van der Waals surface area contributed by atoms with E-state index in [9.17, 15) is 0 Å². The van der Waals surface area contributed by atoms with Crippen LogP contribution >= 0.6 is 0 Å². The quantitative estimate of drug-likeness (QED) is 0.637. The molecule has 0 unspecified atom stereocenters. The van der Waals surface area contributed by atoms with Crippen LogP contribution < -0.4 is 0 Å². The second-order valence-corrected chi connectivity index (χ2v) is 2.50. The van der Waals surface area contributed by atoms with Crippen molar-refractivity contribution in [1.82, 2.24) is 0 Å². The van der Waals surface area contributed by atoms with E-state index in [0.29, 0.717) is 0 Å². The van der Waals surface area contributed by atoms with E-state index in [1.807, 2.05) is 0 Å². The SMILES string of the molecule is CC1=CCC(C)=C1C.[Er]. The third kappa shape index (κ3) is 2.10. The van der Waals surface area contributed by atoms with Gasteiger partial charge in [-0.3, -0.25) is 0 Å². The molecule has 0 heterocycles. The average molecular weight is 275 g/mol. The summed E-state index contributed by atoms with van der Waals surface area (Å²) in [5.41, 5.74) is 4.48. The summed E-state index contributed by atoms with van der Waals surface area (Å²) in [5, 5.41) is 0. The first-order valence-corrected chi connectivity index (χ1v) is 3.05. The first-order chi connectivity index (χ1) is 3.72. The van der Waals surface area contributed by atoms with Crippen LogP contribution in [-0.4, -0.2) is 0 Å². The van der Waals surface area contributed by atoms with E-state index in [4.69, 9.17) is 0 Å². The number of rotatable bonds is 0. The summed E-state index contributed by atoms with van der Waals surface area (Å²) in [6.07, 6.45) is 3.46. The zero-order valence-electron chi connectivity index (χ0n) is 6.07. The normalized spacial score (nSPS) is 17.4. The molecular formula is C8H12Er. The van der Waals surface area contributed by atoms with Gasteiger partial charge in [-0.2, -0.15) is 0 Å². The number of allylic oxidation sites excluding steroid dienone is 4. The zero-order valence-corrected chi connectivity index (χ0v) is 7.93. The molecule has 0 spiro atoms. The maximum absolute atomic E-state index is 2.28. The van der Waals surface area contributed by atoms with E-state index < -0.39 is 0 Å². The van der Waals surface area contributed by atoms with Crippen molar-refractivity contribution in [3.63, 3.8) is 0 Å². The molecule has 1 aliphatic carbocycles. The first kappa shape index (κ1) is 9.73. The molecule has 0 aliphatic heterocycles. The van der Waals surface area contributed by atoms with Gasteiger partial charge in [-0.05, 0) is 32.8 Å². The monoisotopic (exact) mass is 274 g/mol. The van der Waals surface area contributed by atoms with Gasteiger partial charge in [-0.25, -0.2) is 0 Å².